The summed E-state index contributed by atoms with van der Waals surface area (Å²) in [5.74, 6) is -0.320. The third-order valence-corrected chi connectivity index (χ3v) is 1.45. The monoisotopic (exact) mass is 174 g/mol. The van der Waals surface area contributed by atoms with Crippen molar-refractivity contribution in [2.45, 2.75) is 20.3 Å². The highest BCUT2D eigenvalue weighted by Crippen LogP contribution is 2.04. The third-order valence-electron chi connectivity index (χ3n) is 1.45. The van der Waals surface area contributed by atoms with Crippen LogP contribution < -0.4 is 0 Å². The second kappa shape index (κ2) is 5.75. The molecule has 0 aliphatic rings. The van der Waals surface area contributed by atoms with Crippen LogP contribution in [0.3, 0.4) is 0 Å². The van der Waals surface area contributed by atoms with E-state index in [1.54, 1.807) is 6.92 Å². The molecule has 0 aliphatic heterocycles. The zero-order chi connectivity index (χ0) is 9.56. The third kappa shape index (κ3) is 4.88. The molecule has 0 aromatic carbocycles. The molecule has 0 bridgehead atoms. The Morgan fingerprint density at radius 3 is 2.67 bits per heavy atom. The molecule has 0 saturated heterocycles. The normalized spacial score (nSPS) is 12.2. The molecule has 0 fully saturated rings. The Morgan fingerprint density at radius 1 is 1.67 bits per heavy atom. The van der Waals surface area contributed by atoms with Crippen molar-refractivity contribution in [3.05, 3.63) is 12.2 Å². The minimum atomic E-state index is -0.402. The zero-order valence-electron chi connectivity index (χ0n) is 7.60. The van der Waals surface area contributed by atoms with Gasteiger partial charge in [-0.2, -0.15) is 0 Å². The average Bonchev–Trinajstić information content (AvgIpc) is 2.00. The molecule has 0 radical (unpaired) electrons. The van der Waals surface area contributed by atoms with Crippen LogP contribution in [0, 0.1) is 5.92 Å². The van der Waals surface area contributed by atoms with Crippen molar-refractivity contribution in [2.24, 2.45) is 5.92 Å². The van der Waals surface area contributed by atoms with Gasteiger partial charge in [0.05, 0.1) is 13.3 Å². The molecule has 12 heavy (non-hydrogen) atoms. The summed E-state index contributed by atoms with van der Waals surface area (Å²) in [6, 6.07) is 0. The number of esters is 1. The van der Waals surface area contributed by atoms with Gasteiger partial charge in [-0.15, -0.1) is 0 Å². The summed E-state index contributed by atoms with van der Waals surface area (Å²) in [4.78, 5) is 10.8. The van der Waals surface area contributed by atoms with E-state index in [1.807, 2.05) is 6.92 Å². The van der Waals surface area contributed by atoms with Crippen LogP contribution in [-0.4, -0.2) is 19.3 Å². The standard InChI is InChI=1S/C9H15FO2/c1-7(2)9(11)12-6-8(3)4-5-10/h8H,1,4-6H2,2-3H3. The van der Waals surface area contributed by atoms with Gasteiger partial charge in [-0.1, -0.05) is 13.5 Å². The fourth-order valence-corrected chi connectivity index (χ4v) is 0.611. The maximum atomic E-state index is 11.8. The Morgan fingerprint density at radius 2 is 2.25 bits per heavy atom. The Labute approximate surface area is 72.4 Å². The summed E-state index contributed by atoms with van der Waals surface area (Å²) in [6.07, 6.45) is 0.434. The fourth-order valence-electron chi connectivity index (χ4n) is 0.611. The number of ether oxygens (including phenoxy) is 1. The van der Waals surface area contributed by atoms with Crippen molar-refractivity contribution in [3.8, 4) is 0 Å². The molecule has 0 aromatic rings. The van der Waals surface area contributed by atoms with E-state index in [-0.39, 0.29) is 19.2 Å². The molecule has 0 spiro atoms. The summed E-state index contributed by atoms with van der Waals surface area (Å²) in [6.45, 7) is 6.76. The van der Waals surface area contributed by atoms with E-state index in [2.05, 4.69) is 6.58 Å². The fraction of sp³-hybridized carbons (Fsp3) is 0.667. The summed E-state index contributed by atoms with van der Waals surface area (Å²) in [7, 11) is 0. The number of rotatable bonds is 5. The van der Waals surface area contributed by atoms with Crippen molar-refractivity contribution >= 4 is 5.97 Å². The second-order valence-corrected chi connectivity index (χ2v) is 2.96. The lowest BCUT2D eigenvalue weighted by atomic mass is 10.1. The highest BCUT2D eigenvalue weighted by molar-refractivity contribution is 5.86. The number of carbonyl (C=O) groups excluding carboxylic acids is 1. The Hall–Kier alpha value is -0.860. The van der Waals surface area contributed by atoms with E-state index >= 15 is 0 Å². The molecule has 0 amide bonds. The molecule has 70 valence electrons. The molecule has 0 aliphatic carbocycles. The molecular weight excluding hydrogens is 159 g/mol. The first-order valence-electron chi connectivity index (χ1n) is 3.96. The summed E-state index contributed by atoms with van der Waals surface area (Å²) >= 11 is 0. The summed E-state index contributed by atoms with van der Waals surface area (Å²) in [5.41, 5.74) is 0.377. The van der Waals surface area contributed by atoms with Crippen LogP contribution in [-0.2, 0) is 9.53 Å². The van der Waals surface area contributed by atoms with Gasteiger partial charge in [0.1, 0.15) is 0 Å². The van der Waals surface area contributed by atoms with Gasteiger partial charge in [0, 0.05) is 5.57 Å². The van der Waals surface area contributed by atoms with E-state index in [1.165, 1.54) is 0 Å². The highest BCUT2D eigenvalue weighted by atomic mass is 19.1. The minimum absolute atomic E-state index is 0.0818. The van der Waals surface area contributed by atoms with Crippen molar-refractivity contribution in [1.29, 1.82) is 0 Å². The number of alkyl halides is 1. The average molecular weight is 174 g/mol. The number of halogens is 1. The van der Waals surface area contributed by atoms with E-state index in [0.717, 1.165) is 0 Å². The van der Waals surface area contributed by atoms with Crippen LogP contribution in [0.1, 0.15) is 20.3 Å². The van der Waals surface area contributed by atoms with Gasteiger partial charge in [-0.3, -0.25) is 4.39 Å². The van der Waals surface area contributed by atoms with E-state index in [0.29, 0.717) is 12.0 Å². The van der Waals surface area contributed by atoms with Crippen molar-refractivity contribution in [1.82, 2.24) is 0 Å². The van der Waals surface area contributed by atoms with Crippen LogP contribution in [0.5, 0.6) is 0 Å². The van der Waals surface area contributed by atoms with Gasteiger partial charge in [0.25, 0.3) is 0 Å². The van der Waals surface area contributed by atoms with Crippen LogP contribution in [0.4, 0.5) is 4.39 Å². The lowest BCUT2D eigenvalue weighted by Gasteiger charge is -2.09. The first kappa shape index (κ1) is 11.1. The van der Waals surface area contributed by atoms with Crippen molar-refractivity contribution in [3.63, 3.8) is 0 Å². The van der Waals surface area contributed by atoms with E-state index in [9.17, 15) is 9.18 Å². The number of hydrogen-bond donors (Lipinski definition) is 0. The molecule has 2 nitrogen and oxygen atoms in total. The molecule has 1 unspecified atom stereocenters. The first-order valence-corrected chi connectivity index (χ1v) is 3.96. The Balaban J connectivity index is 3.54. The molecular formula is C9H15FO2. The molecule has 1 atom stereocenters. The quantitative estimate of drug-likeness (QED) is 0.471. The lowest BCUT2D eigenvalue weighted by molar-refractivity contribution is -0.140. The van der Waals surface area contributed by atoms with E-state index < -0.39 is 5.97 Å². The maximum Gasteiger partial charge on any atom is 0.333 e. The summed E-state index contributed by atoms with van der Waals surface area (Å²) < 4.78 is 16.6. The van der Waals surface area contributed by atoms with Crippen molar-refractivity contribution in [2.75, 3.05) is 13.3 Å². The first-order chi connectivity index (χ1) is 5.57. The van der Waals surface area contributed by atoms with Crippen LogP contribution >= 0.6 is 0 Å². The van der Waals surface area contributed by atoms with Crippen LogP contribution in [0.2, 0.25) is 0 Å². The predicted molar refractivity (Wildman–Crippen MR) is 45.5 cm³/mol. The van der Waals surface area contributed by atoms with Crippen LogP contribution in [0.25, 0.3) is 0 Å². The van der Waals surface area contributed by atoms with Gasteiger partial charge in [0.2, 0.25) is 0 Å². The van der Waals surface area contributed by atoms with Gasteiger partial charge >= 0.3 is 5.97 Å². The topological polar surface area (TPSA) is 26.3 Å². The zero-order valence-corrected chi connectivity index (χ0v) is 7.60. The van der Waals surface area contributed by atoms with Gasteiger partial charge in [0.15, 0.2) is 0 Å². The molecule has 0 N–H and O–H groups in total. The van der Waals surface area contributed by atoms with Crippen molar-refractivity contribution < 1.29 is 13.9 Å². The Bertz CT molecular complexity index is 166. The molecule has 0 aromatic heterocycles. The lowest BCUT2D eigenvalue weighted by Crippen LogP contribution is -2.12. The molecule has 0 heterocycles. The van der Waals surface area contributed by atoms with E-state index in [4.69, 9.17) is 4.74 Å². The largest absolute Gasteiger partial charge is 0.462 e. The highest BCUT2D eigenvalue weighted by Gasteiger charge is 2.06. The maximum absolute atomic E-state index is 11.8. The van der Waals surface area contributed by atoms with Gasteiger partial charge < -0.3 is 4.74 Å². The van der Waals surface area contributed by atoms with Gasteiger partial charge in [-0.25, -0.2) is 4.79 Å². The molecule has 3 heteroatoms. The Kier molecular flexibility index (Phi) is 5.34. The molecule has 0 rings (SSSR count). The molecule has 0 saturated carbocycles. The van der Waals surface area contributed by atoms with Crippen LogP contribution in [0.15, 0.2) is 12.2 Å². The second-order valence-electron chi connectivity index (χ2n) is 2.96. The number of hydrogen-bond acceptors (Lipinski definition) is 2. The predicted octanol–water partition coefficient (Wildman–Crippen LogP) is 2.10. The smallest absolute Gasteiger partial charge is 0.333 e. The SMILES string of the molecule is C=C(C)C(=O)OCC(C)CCF. The minimum Gasteiger partial charge on any atom is -0.462 e. The summed E-state index contributed by atoms with van der Waals surface area (Å²) in [5, 5.41) is 0. The number of carbonyl (C=O) groups is 1. The van der Waals surface area contributed by atoms with Gasteiger partial charge in [-0.05, 0) is 19.3 Å².